The van der Waals surface area contributed by atoms with Gasteiger partial charge < -0.3 is 19.3 Å². The molecule has 0 radical (unpaired) electrons. The molecule has 0 unspecified atom stereocenters. The third-order valence-corrected chi connectivity index (χ3v) is 6.03. The van der Waals surface area contributed by atoms with Crippen LogP contribution in [0.3, 0.4) is 0 Å². The second-order valence-electron chi connectivity index (χ2n) is 8.20. The van der Waals surface area contributed by atoms with E-state index in [2.05, 4.69) is 0 Å². The van der Waals surface area contributed by atoms with Gasteiger partial charge in [-0.1, -0.05) is 30.3 Å². The van der Waals surface area contributed by atoms with E-state index in [1.165, 1.54) is 0 Å². The molecular formula is C25H30N2O4. The highest BCUT2D eigenvalue weighted by atomic mass is 16.5. The van der Waals surface area contributed by atoms with Crippen molar-refractivity contribution in [2.45, 2.75) is 32.6 Å². The molecule has 6 nitrogen and oxygen atoms in total. The Hall–Kier alpha value is -3.02. The molecule has 2 aliphatic rings. The standard InChI is InChI=1S/C25H30N2O4/c1-19-5-2-3-6-21(19)18-25(29)27-13-11-26(12-14-27)24(28)10-8-20-7-9-22-23(17-20)31-16-4-15-30-22/h2-3,5-7,9,17H,4,8,10-16,18H2,1H3. The molecule has 6 heteroatoms. The molecule has 164 valence electrons. The van der Waals surface area contributed by atoms with Crippen LogP contribution in [0.25, 0.3) is 0 Å². The predicted octanol–water partition coefficient (Wildman–Crippen LogP) is 3.00. The summed E-state index contributed by atoms with van der Waals surface area (Å²) in [4.78, 5) is 29.1. The van der Waals surface area contributed by atoms with Crippen LogP contribution in [0.5, 0.6) is 11.5 Å². The summed E-state index contributed by atoms with van der Waals surface area (Å²) in [6.07, 6.45) is 2.42. The van der Waals surface area contributed by atoms with Gasteiger partial charge in [0.1, 0.15) is 0 Å². The van der Waals surface area contributed by atoms with Gasteiger partial charge >= 0.3 is 0 Å². The minimum atomic E-state index is 0.133. The van der Waals surface area contributed by atoms with Gasteiger partial charge in [-0.15, -0.1) is 0 Å². The largest absolute Gasteiger partial charge is 0.490 e. The van der Waals surface area contributed by atoms with Crippen LogP contribution in [0.2, 0.25) is 0 Å². The minimum Gasteiger partial charge on any atom is -0.490 e. The Morgan fingerprint density at radius 1 is 0.871 bits per heavy atom. The summed E-state index contributed by atoms with van der Waals surface area (Å²) in [6.45, 7) is 5.74. The average molecular weight is 423 g/mol. The molecule has 0 N–H and O–H groups in total. The first-order valence-electron chi connectivity index (χ1n) is 11.1. The summed E-state index contributed by atoms with van der Waals surface area (Å²) in [7, 11) is 0. The van der Waals surface area contributed by atoms with E-state index in [4.69, 9.17) is 9.47 Å². The number of hydrogen-bond acceptors (Lipinski definition) is 4. The number of carbonyl (C=O) groups is 2. The number of hydrogen-bond donors (Lipinski definition) is 0. The number of piperazine rings is 1. The lowest BCUT2D eigenvalue weighted by atomic mass is 10.0. The van der Waals surface area contributed by atoms with Crippen LogP contribution in [0, 0.1) is 6.92 Å². The molecule has 0 bridgehead atoms. The molecule has 31 heavy (non-hydrogen) atoms. The number of rotatable bonds is 5. The third kappa shape index (κ3) is 5.37. The molecular weight excluding hydrogens is 392 g/mol. The van der Waals surface area contributed by atoms with E-state index in [1.807, 2.05) is 59.2 Å². The molecule has 1 fully saturated rings. The molecule has 0 spiro atoms. The van der Waals surface area contributed by atoms with E-state index in [-0.39, 0.29) is 11.8 Å². The molecule has 0 saturated carbocycles. The molecule has 2 aliphatic heterocycles. The number of aryl methyl sites for hydroxylation is 2. The Morgan fingerprint density at radius 3 is 2.29 bits per heavy atom. The quantitative estimate of drug-likeness (QED) is 0.743. The van der Waals surface area contributed by atoms with Gasteiger partial charge in [0.25, 0.3) is 0 Å². The van der Waals surface area contributed by atoms with Gasteiger partial charge in [-0.25, -0.2) is 0 Å². The van der Waals surface area contributed by atoms with Gasteiger partial charge in [-0.05, 0) is 42.2 Å². The topological polar surface area (TPSA) is 59.1 Å². The molecule has 2 aromatic carbocycles. The van der Waals surface area contributed by atoms with Gasteiger partial charge in [-0.2, -0.15) is 0 Å². The van der Waals surface area contributed by atoms with E-state index < -0.39 is 0 Å². The van der Waals surface area contributed by atoms with Crippen molar-refractivity contribution in [3.8, 4) is 11.5 Å². The first kappa shape index (κ1) is 21.2. The first-order chi connectivity index (χ1) is 15.1. The molecule has 2 aromatic rings. The van der Waals surface area contributed by atoms with Crippen LogP contribution in [0.1, 0.15) is 29.5 Å². The minimum absolute atomic E-state index is 0.133. The van der Waals surface area contributed by atoms with Crippen LogP contribution in [-0.2, 0) is 22.4 Å². The zero-order chi connectivity index (χ0) is 21.6. The molecule has 4 rings (SSSR count). The highest BCUT2D eigenvalue weighted by Crippen LogP contribution is 2.30. The number of benzene rings is 2. The highest BCUT2D eigenvalue weighted by Gasteiger charge is 2.24. The van der Waals surface area contributed by atoms with E-state index in [1.54, 1.807) is 0 Å². The van der Waals surface area contributed by atoms with Crippen LogP contribution in [0.4, 0.5) is 0 Å². The molecule has 0 aromatic heterocycles. The van der Waals surface area contributed by atoms with Gasteiger partial charge in [0.05, 0.1) is 19.6 Å². The van der Waals surface area contributed by atoms with Crippen molar-refractivity contribution < 1.29 is 19.1 Å². The Balaban J connectivity index is 1.24. The smallest absolute Gasteiger partial charge is 0.227 e. The maximum Gasteiger partial charge on any atom is 0.227 e. The molecule has 2 heterocycles. The maximum absolute atomic E-state index is 12.7. The summed E-state index contributed by atoms with van der Waals surface area (Å²) >= 11 is 0. The second kappa shape index (κ2) is 9.86. The summed E-state index contributed by atoms with van der Waals surface area (Å²) in [5.74, 6) is 1.81. The molecule has 1 saturated heterocycles. The Bertz CT molecular complexity index is 935. The molecule has 0 aliphatic carbocycles. The second-order valence-corrected chi connectivity index (χ2v) is 8.20. The summed E-state index contributed by atoms with van der Waals surface area (Å²) in [5, 5.41) is 0. The van der Waals surface area contributed by atoms with Crippen molar-refractivity contribution in [1.82, 2.24) is 9.80 Å². The van der Waals surface area contributed by atoms with Crippen LogP contribution >= 0.6 is 0 Å². The predicted molar refractivity (Wildman–Crippen MR) is 118 cm³/mol. The zero-order valence-corrected chi connectivity index (χ0v) is 18.1. The summed E-state index contributed by atoms with van der Waals surface area (Å²) in [6, 6.07) is 13.9. The van der Waals surface area contributed by atoms with Crippen molar-refractivity contribution in [3.05, 3.63) is 59.2 Å². The normalized spacial score (nSPS) is 16.0. The fourth-order valence-electron chi connectivity index (χ4n) is 4.06. The van der Waals surface area contributed by atoms with Gasteiger partial charge in [0.2, 0.25) is 11.8 Å². The van der Waals surface area contributed by atoms with Gasteiger partial charge in [-0.3, -0.25) is 9.59 Å². The average Bonchev–Trinajstić information content (AvgIpc) is 3.04. The maximum atomic E-state index is 12.7. The first-order valence-corrected chi connectivity index (χ1v) is 11.1. The highest BCUT2D eigenvalue weighted by molar-refractivity contribution is 5.80. The van der Waals surface area contributed by atoms with Crippen molar-refractivity contribution in [1.29, 1.82) is 0 Å². The number of nitrogens with zero attached hydrogens (tertiary/aromatic N) is 2. The lowest BCUT2D eigenvalue weighted by molar-refractivity contribution is -0.139. The van der Waals surface area contributed by atoms with Crippen LogP contribution in [-0.4, -0.2) is 61.0 Å². The van der Waals surface area contributed by atoms with E-state index in [0.717, 1.165) is 34.6 Å². The molecule has 2 amide bonds. The summed E-state index contributed by atoms with van der Waals surface area (Å²) < 4.78 is 11.4. The number of carbonyl (C=O) groups excluding carboxylic acids is 2. The van der Waals surface area contributed by atoms with E-state index >= 15 is 0 Å². The zero-order valence-electron chi connectivity index (χ0n) is 18.1. The van der Waals surface area contributed by atoms with Crippen molar-refractivity contribution in [2.24, 2.45) is 0 Å². The van der Waals surface area contributed by atoms with Crippen LogP contribution < -0.4 is 9.47 Å². The lowest BCUT2D eigenvalue weighted by Crippen LogP contribution is -2.51. The van der Waals surface area contributed by atoms with Crippen molar-refractivity contribution >= 4 is 11.8 Å². The number of ether oxygens (including phenoxy) is 2. The fraction of sp³-hybridized carbons (Fsp3) is 0.440. The third-order valence-electron chi connectivity index (χ3n) is 6.03. The summed E-state index contributed by atoms with van der Waals surface area (Å²) in [5.41, 5.74) is 3.28. The van der Waals surface area contributed by atoms with E-state index in [0.29, 0.717) is 58.7 Å². The fourth-order valence-corrected chi connectivity index (χ4v) is 4.06. The number of fused-ring (bicyclic) bond motifs is 1. The van der Waals surface area contributed by atoms with Gasteiger partial charge in [0, 0.05) is 39.0 Å². The molecule has 0 atom stereocenters. The Labute approximate surface area is 183 Å². The van der Waals surface area contributed by atoms with E-state index in [9.17, 15) is 9.59 Å². The Kier molecular flexibility index (Phi) is 6.75. The van der Waals surface area contributed by atoms with Crippen molar-refractivity contribution in [2.75, 3.05) is 39.4 Å². The van der Waals surface area contributed by atoms with Gasteiger partial charge in [0.15, 0.2) is 11.5 Å². The van der Waals surface area contributed by atoms with Crippen LogP contribution in [0.15, 0.2) is 42.5 Å². The monoisotopic (exact) mass is 422 g/mol. The Morgan fingerprint density at radius 2 is 1.55 bits per heavy atom. The lowest BCUT2D eigenvalue weighted by Gasteiger charge is -2.35. The van der Waals surface area contributed by atoms with Crippen molar-refractivity contribution in [3.63, 3.8) is 0 Å². The SMILES string of the molecule is Cc1ccccc1CC(=O)N1CCN(C(=O)CCc2ccc3c(c2)OCCCO3)CC1. The number of amides is 2.